The molecule has 0 heterocycles. The Morgan fingerprint density at radius 2 is 0.761 bits per heavy atom. The van der Waals surface area contributed by atoms with Gasteiger partial charge in [0.15, 0.2) is 12.4 Å². The van der Waals surface area contributed by atoms with Gasteiger partial charge in [-0.15, -0.1) is 0 Å². The molecule has 2 unspecified atom stereocenters. The summed E-state index contributed by atoms with van der Waals surface area (Å²) in [7, 11) is 5.90. The summed E-state index contributed by atoms with van der Waals surface area (Å²) in [5, 5.41) is 11.8. The second-order valence-corrected chi connectivity index (χ2v) is 19.5. The maximum atomic E-state index is 12.8. The average Bonchev–Trinajstić information content (AvgIpc) is 3.34. The van der Waals surface area contributed by atoms with Crippen LogP contribution in [0.3, 0.4) is 0 Å². The number of likely N-dealkylation sites (N-methyl/N-ethyl adjacent to an activating group) is 1. The van der Waals surface area contributed by atoms with E-state index in [1.165, 1.54) is 77.0 Å². The van der Waals surface area contributed by atoms with Crippen LogP contribution in [0.15, 0.2) is 109 Å². The number of carbonyl (C=O) groups is 3. The molecule has 71 heavy (non-hydrogen) atoms. The van der Waals surface area contributed by atoms with Gasteiger partial charge in [-0.25, -0.2) is 0 Å². The van der Waals surface area contributed by atoms with Gasteiger partial charge in [0.05, 0.1) is 40.3 Å². The lowest BCUT2D eigenvalue weighted by Gasteiger charge is -2.26. The Labute approximate surface area is 434 Å². The van der Waals surface area contributed by atoms with E-state index >= 15 is 0 Å². The van der Waals surface area contributed by atoms with E-state index in [9.17, 15) is 19.5 Å². The molecule has 0 aliphatic carbocycles. The molecule has 0 aromatic carbocycles. The van der Waals surface area contributed by atoms with E-state index in [4.69, 9.17) is 18.9 Å². The maximum Gasteiger partial charge on any atom is 0.306 e. The molecule has 2 atom stereocenters. The van der Waals surface area contributed by atoms with Crippen molar-refractivity contribution < 1.29 is 42.9 Å². The lowest BCUT2D eigenvalue weighted by Crippen LogP contribution is -2.44. The Kier molecular flexibility index (Phi) is 49.3. The van der Waals surface area contributed by atoms with E-state index in [1.54, 1.807) is 0 Å². The van der Waals surface area contributed by atoms with Crippen LogP contribution >= 0.6 is 0 Å². The van der Waals surface area contributed by atoms with Crippen molar-refractivity contribution in [3.8, 4) is 0 Å². The van der Waals surface area contributed by atoms with Crippen molar-refractivity contribution in [3.63, 3.8) is 0 Å². The van der Waals surface area contributed by atoms with Crippen LogP contribution < -0.4 is 5.11 Å². The summed E-state index contributed by atoms with van der Waals surface area (Å²) in [4.78, 5) is 37.2. The van der Waals surface area contributed by atoms with E-state index in [2.05, 4.69) is 123 Å². The quantitative estimate of drug-likeness (QED) is 0.0195. The summed E-state index contributed by atoms with van der Waals surface area (Å²) < 4.78 is 22.6. The molecular formula is C62H103NO8. The Hall–Kier alpha value is -4.05. The highest BCUT2D eigenvalue weighted by Crippen LogP contribution is 2.15. The van der Waals surface area contributed by atoms with Crippen molar-refractivity contribution in [2.75, 3.05) is 47.5 Å². The van der Waals surface area contributed by atoms with Gasteiger partial charge >= 0.3 is 11.9 Å². The molecule has 0 spiro atoms. The Morgan fingerprint density at radius 3 is 1.14 bits per heavy atom. The first-order valence-corrected chi connectivity index (χ1v) is 28.0. The number of hydrogen-bond acceptors (Lipinski definition) is 8. The van der Waals surface area contributed by atoms with Crippen LogP contribution in [0.1, 0.15) is 206 Å². The summed E-state index contributed by atoms with van der Waals surface area (Å²) in [6, 6.07) is 0. The van der Waals surface area contributed by atoms with Gasteiger partial charge in [0, 0.05) is 12.8 Å². The number of esters is 2. The maximum absolute atomic E-state index is 12.8. The Bertz CT molecular complexity index is 1530. The van der Waals surface area contributed by atoms with Gasteiger partial charge in [-0.1, -0.05) is 207 Å². The second kappa shape index (κ2) is 52.3. The minimum Gasteiger partial charge on any atom is -0.545 e. The molecule has 0 bridgehead atoms. The van der Waals surface area contributed by atoms with Crippen LogP contribution in [0.2, 0.25) is 0 Å². The molecule has 9 heteroatoms. The van der Waals surface area contributed by atoms with Gasteiger partial charge < -0.3 is 33.3 Å². The van der Waals surface area contributed by atoms with E-state index in [0.717, 1.165) is 96.3 Å². The molecular weight excluding hydrogens is 887 g/mol. The zero-order valence-electron chi connectivity index (χ0n) is 45.8. The summed E-state index contributed by atoms with van der Waals surface area (Å²) in [5.41, 5.74) is 0. The number of carbonyl (C=O) groups excluding carboxylic acids is 3. The fourth-order valence-electron chi connectivity index (χ4n) is 7.26. The van der Waals surface area contributed by atoms with E-state index in [0.29, 0.717) is 17.4 Å². The highest BCUT2D eigenvalue weighted by Gasteiger charge is 2.22. The molecule has 0 N–H and O–H groups in total. The smallest absolute Gasteiger partial charge is 0.306 e. The number of carboxylic acids is 1. The number of aliphatic carboxylic acids is 1. The molecule has 0 saturated carbocycles. The lowest BCUT2D eigenvalue weighted by atomic mass is 10.0. The molecule has 0 rings (SSSR count). The predicted molar refractivity (Wildman–Crippen MR) is 297 cm³/mol. The normalized spacial score (nSPS) is 13.6. The molecule has 0 aromatic heterocycles. The van der Waals surface area contributed by atoms with Gasteiger partial charge in [-0.2, -0.15) is 0 Å². The van der Waals surface area contributed by atoms with Crippen LogP contribution in [-0.2, 0) is 33.3 Å². The number of nitrogens with zero attached hydrogens (tertiary/aromatic N) is 1. The number of quaternary nitrogens is 1. The molecule has 0 aromatic rings. The second-order valence-electron chi connectivity index (χ2n) is 19.5. The standard InChI is InChI=1S/C62H103NO8/c1-6-8-10-12-14-16-18-20-22-24-26-27-28-29-30-31-32-33-35-36-38-40-42-44-46-48-50-52-59(64)69-56-58(57-70-62(61(66)67)68-55-54-63(3,4)5)71-60(65)53-51-49-47-45-43-41-39-37-34-25-23-21-19-17-15-13-11-9-7-2/h8-11,14-17,20-23,26-27,34,37,41,43,58,62H,6-7,12-13,18-19,24-25,28-33,35-36,38-40,42,44-57H2,1-5H3/b10-8-,11-9-,16-14-,17-15-,22-20-,23-21-,27-26-,37-34-,43-41-. The van der Waals surface area contributed by atoms with E-state index in [1.807, 2.05) is 21.1 Å². The highest BCUT2D eigenvalue weighted by molar-refractivity contribution is 5.70. The zero-order chi connectivity index (χ0) is 52.0. The van der Waals surface area contributed by atoms with E-state index in [-0.39, 0.29) is 38.6 Å². The van der Waals surface area contributed by atoms with Crippen LogP contribution in [0.4, 0.5) is 0 Å². The fraction of sp³-hybridized carbons (Fsp3) is 0.661. The minimum atomic E-state index is -1.64. The Balaban J connectivity index is 4.29. The predicted octanol–water partition coefficient (Wildman–Crippen LogP) is 15.0. The molecule has 0 saturated heterocycles. The van der Waals surface area contributed by atoms with Gasteiger partial charge in [0.25, 0.3) is 0 Å². The third-order valence-electron chi connectivity index (χ3n) is 11.5. The lowest BCUT2D eigenvalue weighted by molar-refractivity contribution is -0.870. The number of allylic oxidation sites excluding steroid dienone is 18. The summed E-state index contributed by atoms with van der Waals surface area (Å²) in [6.45, 7) is 4.47. The fourth-order valence-corrected chi connectivity index (χ4v) is 7.26. The number of ether oxygens (including phenoxy) is 4. The van der Waals surface area contributed by atoms with Gasteiger partial charge in [0.2, 0.25) is 0 Å². The number of rotatable bonds is 50. The molecule has 404 valence electrons. The van der Waals surface area contributed by atoms with Crippen molar-refractivity contribution in [3.05, 3.63) is 109 Å². The molecule has 9 nitrogen and oxygen atoms in total. The highest BCUT2D eigenvalue weighted by atomic mass is 16.7. The summed E-state index contributed by atoms with van der Waals surface area (Å²) >= 11 is 0. The van der Waals surface area contributed by atoms with Crippen LogP contribution in [0, 0.1) is 0 Å². The first kappa shape index (κ1) is 67.0. The van der Waals surface area contributed by atoms with Crippen molar-refractivity contribution in [1.29, 1.82) is 0 Å². The third-order valence-corrected chi connectivity index (χ3v) is 11.5. The van der Waals surface area contributed by atoms with Crippen molar-refractivity contribution >= 4 is 17.9 Å². The minimum absolute atomic E-state index is 0.135. The van der Waals surface area contributed by atoms with Crippen molar-refractivity contribution in [2.45, 2.75) is 219 Å². The van der Waals surface area contributed by atoms with Gasteiger partial charge in [-0.05, 0) is 96.3 Å². The molecule has 0 amide bonds. The summed E-state index contributed by atoms with van der Waals surface area (Å²) in [5.74, 6) is -2.34. The monoisotopic (exact) mass is 990 g/mol. The topological polar surface area (TPSA) is 111 Å². The van der Waals surface area contributed by atoms with Crippen molar-refractivity contribution in [1.82, 2.24) is 0 Å². The van der Waals surface area contributed by atoms with Gasteiger partial charge in [0.1, 0.15) is 13.2 Å². The van der Waals surface area contributed by atoms with Crippen LogP contribution in [-0.4, -0.2) is 82.3 Å². The number of unbranched alkanes of at least 4 members (excludes halogenated alkanes) is 17. The largest absolute Gasteiger partial charge is 0.545 e. The average molecular weight is 991 g/mol. The molecule has 0 aliphatic heterocycles. The Morgan fingerprint density at radius 1 is 0.423 bits per heavy atom. The first-order valence-electron chi connectivity index (χ1n) is 28.0. The zero-order valence-corrected chi connectivity index (χ0v) is 45.8. The van der Waals surface area contributed by atoms with Crippen LogP contribution in [0.5, 0.6) is 0 Å². The van der Waals surface area contributed by atoms with Crippen LogP contribution in [0.25, 0.3) is 0 Å². The molecule has 0 aliphatic rings. The van der Waals surface area contributed by atoms with Crippen molar-refractivity contribution in [2.24, 2.45) is 0 Å². The SMILES string of the molecule is CC/C=C\C/C=C\C/C=C\C/C=C\C/C=C\CCCCCC(=O)OC(COC(=O)CCCCCCCCCCCCCCCC/C=C\C/C=C\C/C=C\C/C=C\CC)COC(OCC[N+](C)(C)C)C(=O)[O-]. The number of hydrogen-bond donors (Lipinski definition) is 0. The van der Waals surface area contributed by atoms with Gasteiger partial charge in [-0.3, -0.25) is 9.59 Å². The molecule has 0 fully saturated rings. The molecule has 0 radical (unpaired) electrons. The summed E-state index contributed by atoms with van der Waals surface area (Å²) in [6.07, 6.45) is 68.5. The third kappa shape index (κ3) is 53.6. The number of carboxylic acid groups (broad SMARTS) is 1. The van der Waals surface area contributed by atoms with E-state index < -0.39 is 24.3 Å². The first-order chi connectivity index (χ1) is 34.6.